The van der Waals surface area contributed by atoms with E-state index in [1.165, 1.54) is 12.0 Å². The summed E-state index contributed by atoms with van der Waals surface area (Å²) in [5, 5.41) is 3.58. The van der Waals surface area contributed by atoms with E-state index in [2.05, 4.69) is 60.0 Å². The van der Waals surface area contributed by atoms with Crippen LogP contribution in [-0.2, 0) is 6.42 Å². The molecule has 0 aliphatic heterocycles. The van der Waals surface area contributed by atoms with E-state index in [0.717, 1.165) is 17.4 Å². The molecule has 1 unspecified atom stereocenters. The topological polar surface area (TPSA) is 24.9 Å². The first kappa shape index (κ1) is 14.7. The van der Waals surface area contributed by atoms with Gasteiger partial charge in [-0.25, -0.2) is 0 Å². The summed E-state index contributed by atoms with van der Waals surface area (Å²) in [6.45, 7) is 9.94. The van der Waals surface area contributed by atoms with Gasteiger partial charge in [0, 0.05) is 22.4 Å². The van der Waals surface area contributed by atoms with Gasteiger partial charge in [-0.05, 0) is 67.2 Å². The lowest BCUT2D eigenvalue weighted by Crippen LogP contribution is -2.39. The zero-order valence-corrected chi connectivity index (χ0v) is 12.8. The minimum Gasteiger partial charge on any atom is -0.312 e. The second-order valence-corrected chi connectivity index (χ2v) is 6.54. The van der Waals surface area contributed by atoms with Crippen molar-refractivity contribution < 1.29 is 0 Å². The van der Waals surface area contributed by atoms with Crippen molar-refractivity contribution >= 4 is 15.9 Å². The second-order valence-electron chi connectivity index (χ2n) is 5.62. The lowest BCUT2D eigenvalue weighted by molar-refractivity contribution is 0.363. The van der Waals surface area contributed by atoms with E-state index in [1.807, 2.05) is 12.4 Å². The van der Waals surface area contributed by atoms with Crippen molar-refractivity contribution in [1.29, 1.82) is 0 Å². The molecule has 0 spiro atoms. The molecule has 96 valence electrons. The van der Waals surface area contributed by atoms with Gasteiger partial charge >= 0.3 is 0 Å². The molecule has 0 fully saturated rings. The number of aromatic nitrogens is 1. The Kier molecular flexibility index (Phi) is 5.60. The van der Waals surface area contributed by atoms with Crippen molar-refractivity contribution in [1.82, 2.24) is 10.3 Å². The third kappa shape index (κ3) is 6.18. The minimum absolute atomic E-state index is 0.197. The first-order chi connectivity index (χ1) is 7.90. The molecule has 1 heterocycles. The summed E-state index contributed by atoms with van der Waals surface area (Å²) in [5.41, 5.74) is 1.50. The van der Waals surface area contributed by atoms with Crippen LogP contribution in [0.3, 0.4) is 0 Å². The van der Waals surface area contributed by atoms with Gasteiger partial charge < -0.3 is 5.32 Å². The number of nitrogens with one attached hydrogen (secondary N) is 1. The van der Waals surface area contributed by atoms with Crippen LogP contribution in [0.4, 0.5) is 0 Å². The smallest absolute Gasteiger partial charge is 0.0410 e. The predicted octanol–water partition coefficient (Wildman–Crippen LogP) is 3.80. The Bertz CT molecular complexity index is 344. The number of hydrogen-bond donors (Lipinski definition) is 1. The van der Waals surface area contributed by atoms with Gasteiger partial charge in [-0.3, -0.25) is 4.98 Å². The number of halogens is 1. The molecule has 1 aromatic heterocycles. The van der Waals surface area contributed by atoms with Gasteiger partial charge in [0.1, 0.15) is 0 Å². The first-order valence-electron chi connectivity index (χ1n) is 6.25. The molecule has 0 saturated heterocycles. The summed E-state index contributed by atoms with van der Waals surface area (Å²) in [6, 6.07) is 2.16. The maximum Gasteiger partial charge on any atom is 0.0410 e. The minimum atomic E-state index is 0.197. The average molecular weight is 299 g/mol. The maximum absolute atomic E-state index is 4.21. The first-order valence-corrected chi connectivity index (χ1v) is 7.04. The third-order valence-electron chi connectivity index (χ3n) is 2.78. The Morgan fingerprint density at radius 2 is 2.06 bits per heavy atom. The molecule has 17 heavy (non-hydrogen) atoms. The lowest BCUT2D eigenvalue weighted by Gasteiger charge is -2.24. The van der Waals surface area contributed by atoms with E-state index < -0.39 is 0 Å². The van der Waals surface area contributed by atoms with E-state index in [9.17, 15) is 0 Å². The lowest BCUT2D eigenvalue weighted by atomic mass is 9.96. The van der Waals surface area contributed by atoms with E-state index in [1.54, 1.807) is 0 Å². The number of rotatable bonds is 5. The highest BCUT2D eigenvalue weighted by atomic mass is 79.9. The molecule has 0 saturated carbocycles. The van der Waals surface area contributed by atoms with Crippen LogP contribution in [0, 0.1) is 5.92 Å². The Morgan fingerprint density at radius 3 is 2.59 bits per heavy atom. The Labute approximate surface area is 113 Å². The normalized spacial score (nSPS) is 13.7. The number of nitrogens with zero attached hydrogens (tertiary/aromatic N) is 1. The summed E-state index contributed by atoms with van der Waals surface area (Å²) in [7, 11) is 0. The van der Waals surface area contributed by atoms with Crippen LogP contribution in [0.15, 0.2) is 22.9 Å². The van der Waals surface area contributed by atoms with Crippen LogP contribution in [-0.4, -0.2) is 17.1 Å². The van der Waals surface area contributed by atoms with Crippen molar-refractivity contribution in [3.05, 3.63) is 28.5 Å². The highest BCUT2D eigenvalue weighted by Gasteiger charge is 2.13. The van der Waals surface area contributed by atoms with E-state index in [-0.39, 0.29) is 5.54 Å². The molecule has 0 aromatic carbocycles. The number of pyridine rings is 1. The van der Waals surface area contributed by atoms with Crippen molar-refractivity contribution in [3.8, 4) is 0 Å². The van der Waals surface area contributed by atoms with Gasteiger partial charge in [-0.2, -0.15) is 0 Å². The van der Waals surface area contributed by atoms with E-state index >= 15 is 0 Å². The van der Waals surface area contributed by atoms with Crippen molar-refractivity contribution in [3.63, 3.8) is 0 Å². The number of hydrogen-bond acceptors (Lipinski definition) is 2. The Morgan fingerprint density at radius 1 is 1.35 bits per heavy atom. The zero-order valence-electron chi connectivity index (χ0n) is 11.3. The van der Waals surface area contributed by atoms with Gasteiger partial charge in [0.25, 0.3) is 0 Å². The van der Waals surface area contributed by atoms with Crippen molar-refractivity contribution in [2.45, 2.75) is 46.1 Å². The summed E-state index contributed by atoms with van der Waals surface area (Å²) >= 11 is 3.47. The van der Waals surface area contributed by atoms with Gasteiger partial charge in [0.05, 0.1) is 0 Å². The highest BCUT2D eigenvalue weighted by molar-refractivity contribution is 9.10. The van der Waals surface area contributed by atoms with Crippen LogP contribution >= 0.6 is 15.9 Å². The molecule has 0 radical (unpaired) electrons. The van der Waals surface area contributed by atoms with Crippen LogP contribution in [0.1, 0.15) is 39.7 Å². The summed E-state index contributed by atoms with van der Waals surface area (Å²) in [4.78, 5) is 4.21. The van der Waals surface area contributed by atoms with Gasteiger partial charge in [0.15, 0.2) is 0 Å². The fourth-order valence-corrected chi connectivity index (χ4v) is 2.12. The third-order valence-corrected chi connectivity index (χ3v) is 3.22. The highest BCUT2D eigenvalue weighted by Crippen LogP contribution is 2.15. The summed E-state index contributed by atoms with van der Waals surface area (Å²) < 4.78 is 1.06. The van der Waals surface area contributed by atoms with Crippen molar-refractivity contribution in [2.75, 3.05) is 6.54 Å². The molecule has 0 bridgehead atoms. The van der Waals surface area contributed by atoms with Crippen LogP contribution in [0.25, 0.3) is 0 Å². The zero-order chi connectivity index (χ0) is 12.9. The molecule has 0 amide bonds. The van der Waals surface area contributed by atoms with Gasteiger partial charge in [-0.15, -0.1) is 0 Å². The monoisotopic (exact) mass is 298 g/mol. The molecule has 1 N–H and O–H groups in total. The molecule has 0 aliphatic carbocycles. The van der Waals surface area contributed by atoms with Gasteiger partial charge in [-0.1, -0.05) is 13.3 Å². The van der Waals surface area contributed by atoms with Gasteiger partial charge in [0.2, 0.25) is 0 Å². The van der Waals surface area contributed by atoms with Crippen molar-refractivity contribution in [2.24, 2.45) is 5.92 Å². The average Bonchev–Trinajstić information content (AvgIpc) is 2.23. The molecule has 1 rings (SSSR count). The second kappa shape index (κ2) is 6.50. The van der Waals surface area contributed by atoms with E-state index in [0.29, 0.717) is 5.92 Å². The van der Waals surface area contributed by atoms with E-state index in [4.69, 9.17) is 0 Å². The molecular formula is C14H23BrN2. The molecule has 3 heteroatoms. The van der Waals surface area contributed by atoms with Crippen LogP contribution in [0.5, 0.6) is 0 Å². The standard InChI is InChI=1S/C14H23BrN2/c1-5-11(9-17-14(2,3)4)6-12-7-13(15)10-16-8-12/h7-8,10-11,17H,5-6,9H2,1-4H3. The SMILES string of the molecule is CCC(CNC(C)(C)C)Cc1cncc(Br)c1. The summed E-state index contributed by atoms with van der Waals surface area (Å²) in [5.74, 6) is 0.672. The molecule has 1 atom stereocenters. The largest absolute Gasteiger partial charge is 0.312 e. The summed E-state index contributed by atoms with van der Waals surface area (Å²) in [6.07, 6.45) is 6.07. The molecule has 0 aliphatic rings. The molecular weight excluding hydrogens is 276 g/mol. The maximum atomic E-state index is 4.21. The fourth-order valence-electron chi connectivity index (χ4n) is 1.71. The molecule has 2 nitrogen and oxygen atoms in total. The Hall–Kier alpha value is -0.410. The predicted molar refractivity (Wildman–Crippen MR) is 77.2 cm³/mol. The Balaban J connectivity index is 2.52. The van der Waals surface area contributed by atoms with Crippen LogP contribution in [0.2, 0.25) is 0 Å². The quantitative estimate of drug-likeness (QED) is 0.894. The fraction of sp³-hybridized carbons (Fsp3) is 0.643. The van der Waals surface area contributed by atoms with Crippen LogP contribution < -0.4 is 5.32 Å². The molecule has 1 aromatic rings.